The van der Waals surface area contributed by atoms with Crippen molar-refractivity contribution < 1.29 is 9.59 Å². The average Bonchev–Trinajstić information content (AvgIpc) is 2.95. The molecule has 2 amide bonds. The van der Waals surface area contributed by atoms with Crippen LogP contribution in [0.1, 0.15) is 46.0 Å². The molecule has 196 valence electrons. The second-order valence-electron chi connectivity index (χ2n) is 9.98. The highest BCUT2D eigenvalue weighted by atomic mass is 32.2. The second-order valence-corrected chi connectivity index (χ2v) is 11.1. The maximum atomic E-state index is 13.6. The number of thioether (sulfide) groups is 1. The molecule has 4 aromatic rings. The summed E-state index contributed by atoms with van der Waals surface area (Å²) < 4.78 is 0. The third-order valence-electron chi connectivity index (χ3n) is 6.81. The number of carbonyl (C=O) groups excluding carboxylic acids is 2. The SMILES string of the molecule is Cc1cccc(CN2C(=O)/C(=C\c3ccc(C(=O)N[C@H](C)CCc4ccccc4)cc3)Sc3ccccc32)c1. The number of amides is 2. The van der Waals surface area contributed by atoms with E-state index in [1.807, 2.05) is 84.6 Å². The number of carbonyl (C=O) groups is 2. The van der Waals surface area contributed by atoms with Crippen molar-refractivity contribution in [3.05, 3.63) is 136 Å². The number of nitrogens with one attached hydrogen (secondary N) is 1. The standard InChI is InChI=1S/C34H32N2O2S/c1-24-9-8-12-28(21-24)23-36-30-13-6-7-14-31(30)39-32(34(36)38)22-27-17-19-29(20-18-27)33(37)35-25(2)15-16-26-10-4-3-5-11-26/h3-14,17-22,25H,15-16,23H2,1-2H3,(H,35,37)/b32-22+/t25-/m1/s1. The van der Waals surface area contributed by atoms with Crippen LogP contribution in [0.3, 0.4) is 0 Å². The van der Waals surface area contributed by atoms with E-state index in [0.717, 1.165) is 34.6 Å². The Balaban J connectivity index is 1.28. The zero-order chi connectivity index (χ0) is 27.2. The Labute approximate surface area is 234 Å². The van der Waals surface area contributed by atoms with Gasteiger partial charge in [-0.3, -0.25) is 9.59 Å². The zero-order valence-corrected chi connectivity index (χ0v) is 23.1. The summed E-state index contributed by atoms with van der Waals surface area (Å²) in [5.74, 6) is -0.106. The smallest absolute Gasteiger partial charge is 0.265 e. The third-order valence-corrected chi connectivity index (χ3v) is 7.89. The van der Waals surface area contributed by atoms with E-state index in [2.05, 4.69) is 48.6 Å². The van der Waals surface area contributed by atoms with E-state index in [-0.39, 0.29) is 17.9 Å². The van der Waals surface area contributed by atoms with Gasteiger partial charge in [0.15, 0.2) is 0 Å². The van der Waals surface area contributed by atoms with Gasteiger partial charge in [-0.1, -0.05) is 96.2 Å². The third kappa shape index (κ3) is 6.68. The van der Waals surface area contributed by atoms with Crippen molar-refractivity contribution in [3.8, 4) is 0 Å². The lowest BCUT2D eigenvalue weighted by atomic mass is 10.1. The molecule has 5 rings (SSSR count). The van der Waals surface area contributed by atoms with E-state index >= 15 is 0 Å². The van der Waals surface area contributed by atoms with Gasteiger partial charge in [0.25, 0.3) is 11.8 Å². The minimum absolute atomic E-state index is 0.0192. The summed E-state index contributed by atoms with van der Waals surface area (Å²) in [7, 11) is 0. The topological polar surface area (TPSA) is 49.4 Å². The largest absolute Gasteiger partial charge is 0.350 e. The van der Waals surface area contributed by atoms with Crippen LogP contribution in [0.4, 0.5) is 5.69 Å². The highest BCUT2D eigenvalue weighted by Crippen LogP contribution is 2.42. The first-order chi connectivity index (χ1) is 19.0. The number of anilines is 1. The molecule has 1 aliphatic rings. The molecule has 1 aliphatic heterocycles. The first kappa shape index (κ1) is 26.5. The van der Waals surface area contributed by atoms with Crippen molar-refractivity contribution in [2.75, 3.05) is 4.90 Å². The molecule has 0 fully saturated rings. The molecule has 0 unspecified atom stereocenters. The van der Waals surface area contributed by atoms with Gasteiger partial charge in [0.05, 0.1) is 17.1 Å². The van der Waals surface area contributed by atoms with E-state index in [0.29, 0.717) is 17.0 Å². The van der Waals surface area contributed by atoms with Gasteiger partial charge in [0.1, 0.15) is 0 Å². The first-order valence-corrected chi connectivity index (χ1v) is 14.1. The fourth-order valence-electron chi connectivity index (χ4n) is 4.70. The number of para-hydroxylation sites is 1. The molecule has 0 aliphatic carbocycles. The van der Waals surface area contributed by atoms with Crippen LogP contribution in [0.2, 0.25) is 0 Å². The monoisotopic (exact) mass is 532 g/mol. The van der Waals surface area contributed by atoms with Gasteiger partial charge >= 0.3 is 0 Å². The predicted octanol–water partition coefficient (Wildman–Crippen LogP) is 7.43. The van der Waals surface area contributed by atoms with Crippen molar-refractivity contribution in [3.63, 3.8) is 0 Å². The molecule has 0 radical (unpaired) electrons. The summed E-state index contributed by atoms with van der Waals surface area (Å²) in [4.78, 5) is 30.0. The predicted molar refractivity (Wildman–Crippen MR) is 161 cm³/mol. The van der Waals surface area contributed by atoms with Gasteiger partial charge in [-0.2, -0.15) is 0 Å². The summed E-state index contributed by atoms with van der Waals surface area (Å²) in [6, 6.07) is 34.1. The summed E-state index contributed by atoms with van der Waals surface area (Å²) >= 11 is 1.49. The molecule has 1 atom stereocenters. The van der Waals surface area contributed by atoms with Crippen LogP contribution in [0.5, 0.6) is 0 Å². The number of fused-ring (bicyclic) bond motifs is 1. The van der Waals surface area contributed by atoms with Crippen LogP contribution >= 0.6 is 11.8 Å². The number of hydrogen-bond acceptors (Lipinski definition) is 3. The van der Waals surface area contributed by atoms with Crippen molar-refractivity contribution in [2.45, 2.75) is 44.2 Å². The van der Waals surface area contributed by atoms with E-state index in [4.69, 9.17) is 0 Å². The van der Waals surface area contributed by atoms with Crippen LogP contribution in [0, 0.1) is 6.92 Å². The Morgan fingerprint density at radius 1 is 0.897 bits per heavy atom. The molecule has 4 aromatic carbocycles. The Morgan fingerprint density at radius 3 is 2.38 bits per heavy atom. The number of nitrogens with zero attached hydrogens (tertiary/aromatic N) is 1. The van der Waals surface area contributed by atoms with Crippen LogP contribution in [0.15, 0.2) is 113 Å². The van der Waals surface area contributed by atoms with Crippen LogP contribution in [0.25, 0.3) is 6.08 Å². The van der Waals surface area contributed by atoms with Crippen molar-refractivity contribution in [2.24, 2.45) is 0 Å². The van der Waals surface area contributed by atoms with Gasteiger partial charge in [-0.25, -0.2) is 0 Å². The van der Waals surface area contributed by atoms with E-state index in [1.165, 1.54) is 22.9 Å². The highest BCUT2D eigenvalue weighted by molar-refractivity contribution is 8.04. The summed E-state index contributed by atoms with van der Waals surface area (Å²) in [5, 5.41) is 3.10. The number of rotatable bonds is 8. The van der Waals surface area contributed by atoms with Crippen LogP contribution < -0.4 is 10.2 Å². The van der Waals surface area contributed by atoms with Crippen LogP contribution in [-0.4, -0.2) is 17.9 Å². The minimum atomic E-state index is -0.0869. The van der Waals surface area contributed by atoms with Gasteiger partial charge in [-0.15, -0.1) is 0 Å². The average molecular weight is 533 g/mol. The molecular formula is C34H32N2O2S. The van der Waals surface area contributed by atoms with Crippen molar-refractivity contribution >= 4 is 35.3 Å². The quantitative estimate of drug-likeness (QED) is 0.240. The Kier molecular flexibility index (Phi) is 8.28. The summed E-state index contributed by atoms with van der Waals surface area (Å²) in [5.41, 5.74) is 5.96. The van der Waals surface area contributed by atoms with Crippen molar-refractivity contribution in [1.82, 2.24) is 5.32 Å². The summed E-state index contributed by atoms with van der Waals surface area (Å²) in [6.07, 6.45) is 3.71. The second kappa shape index (κ2) is 12.2. The number of aryl methyl sites for hydroxylation is 2. The van der Waals surface area contributed by atoms with E-state index in [9.17, 15) is 9.59 Å². The fraction of sp³-hybridized carbons (Fsp3) is 0.176. The molecule has 1 N–H and O–H groups in total. The Bertz CT molecular complexity index is 1500. The maximum Gasteiger partial charge on any atom is 0.265 e. The van der Waals surface area contributed by atoms with Gasteiger partial charge in [-0.05, 0) is 73.7 Å². The molecule has 0 saturated carbocycles. The Morgan fingerprint density at radius 2 is 1.62 bits per heavy atom. The number of benzene rings is 4. The van der Waals surface area contributed by atoms with Gasteiger partial charge < -0.3 is 10.2 Å². The molecule has 0 bridgehead atoms. The van der Waals surface area contributed by atoms with Crippen LogP contribution in [-0.2, 0) is 17.8 Å². The fourth-order valence-corrected chi connectivity index (χ4v) is 5.76. The first-order valence-electron chi connectivity index (χ1n) is 13.3. The molecule has 5 heteroatoms. The number of hydrogen-bond donors (Lipinski definition) is 1. The molecule has 0 spiro atoms. The van der Waals surface area contributed by atoms with E-state index in [1.54, 1.807) is 0 Å². The van der Waals surface area contributed by atoms with E-state index < -0.39 is 0 Å². The Hall–Kier alpha value is -4.09. The highest BCUT2D eigenvalue weighted by Gasteiger charge is 2.29. The van der Waals surface area contributed by atoms with Gasteiger partial charge in [0, 0.05) is 16.5 Å². The molecular weight excluding hydrogens is 500 g/mol. The van der Waals surface area contributed by atoms with Gasteiger partial charge in [0.2, 0.25) is 0 Å². The lowest BCUT2D eigenvalue weighted by Gasteiger charge is -2.30. The minimum Gasteiger partial charge on any atom is -0.350 e. The van der Waals surface area contributed by atoms with Crippen molar-refractivity contribution in [1.29, 1.82) is 0 Å². The molecule has 4 nitrogen and oxygen atoms in total. The lowest BCUT2D eigenvalue weighted by Crippen LogP contribution is -2.33. The zero-order valence-electron chi connectivity index (χ0n) is 22.3. The molecule has 1 heterocycles. The maximum absolute atomic E-state index is 13.6. The molecule has 39 heavy (non-hydrogen) atoms. The normalized spacial score (nSPS) is 14.7. The molecule has 0 aromatic heterocycles. The summed E-state index contributed by atoms with van der Waals surface area (Å²) in [6.45, 7) is 4.61. The molecule has 0 saturated heterocycles. The lowest BCUT2D eigenvalue weighted by molar-refractivity contribution is -0.114.